The molecule has 0 aliphatic heterocycles. The van der Waals surface area contributed by atoms with Crippen LogP contribution in [0.3, 0.4) is 0 Å². The second kappa shape index (κ2) is 7.39. The monoisotopic (exact) mass is 359 g/mol. The number of hydrogen-bond acceptors (Lipinski definition) is 5. The summed E-state index contributed by atoms with van der Waals surface area (Å²) in [6, 6.07) is 2.75. The van der Waals surface area contributed by atoms with E-state index in [1.807, 2.05) is 0 Å². The van der Waals surface area contributed by atoms with E-state index in [1.165, 1.54) is 23.5 Å². The summed E-state index contributed by atoms with van der Waals surface area (Å²) in [6.07, 6.45) is 0. The van der Waals surface area contributed by atoms with Gasteiger partial charge in [-0.05, 0) is 24.5 Å². The van der Waals surface area contributed by atoms with Gasteiger partial charge in [0.1, 0.15) is 5.82 Å². The van der Waals surface area contributed by atoms with Crippen LogP contribution >= 0.6 is 34.7 Å². The third-order valence-corrected chi connectivity index (χ3v) is 5.56. The molecule has 0 spiro atoms. The molecule has 2 aromatic rings. The van der Waals surface area contributed by atoms with Crippen molar-refractivity contribution in [1.82, 2.24) is 10.2 Å². The number of benzene rings is 1. The molecule has 22 heavy (non-hydrogen) atoms. The zero-order chi connectivity index (χ0) is 16.3. The number of halogens is 2. The van der Waals surface area contributed by atoms with E-state index >= 15 is 0 Å². The van der Waals surface area contributed by atoms with Gasteiger partial charge in [0.2, 0.25) is 5.13 Å². The minimum atomic E-state index is -0.660. The van der Waals surface area contributed by atoms with Crippen molar-refractivity contribution in [2.75, 3.05) is 11.1 Å². The second-order valence-corrected chi connectivity index (χ2v) is 7.71. The van der Waals surface area contributed by atoms with Crippen molar-refractivity contribution < 1.29 is 9.18 Å². The van der Waals surface area contributed by atoms with E-state index < -0.39 is 11.7 Å². The van der Waals surface area contributed by atoms with E-state index in [1.54, 1.807) is 18.7 Å². The molecule has 8 heteroatoms. The number of aryl methyl sites for hydroxylation is 1. The first kappa shape index (κ1) is 17.2. The molecule has 0 aliphatic carbocycles. The Kier molecular flexibility index (Phi) is 5.77. The van der Waals surface area contributed by atoms with Gasteiger partial charge in [-0.2, -0.15) is 0 Å². The minimum absolute atomic E-state index is 0.108. The third kappa shape index (κ3) is 4.18. The average Bonchev–Trinajstić information content (AvgIpc) is 2.88. The van der Waals surface area contributed by atoms with Crippen LogP contribution in [-0.2, 0) is 0 Å². The maximum absolute atomic E-state index is 13.8. The SMILES string of the molecule is Cc1ccc(F)c(C(=O)Nc2nnc(SCC(C)C)s2)c1Cl. The van der Waals surface area contributed by atoms with E-state index in [2.05, 4.69) is 29.4 Å². The number of carbonyl (C=O) groups is 1. The summed E-state index contributed by atoms with van der Waals surface area (Å²) < 4.78 is 14.6. The lowest BCUT2D eigenvalue weighted by molar-refractivity contribution is 0.102. The van der Waals surface area contributed by atoms with Gasteiger partial charge in [-0.15, -0.1) is 10.2 Å². The summed E-state index contributed by atoms with van der Waals surface area (Å²) in [5.41, 5.74) is 0.465. The fraction of sp³-hybridized carbons (Fsp3) is 0.357. The van der Waals surface area contributed by atoms with Crippen molar-refractivity contribution in [3.05, 3.63) is 34.1 Å². The first-order chi connectivity index (χ1) is 10.4. The zero-order valence-electron chi connectivity index (χ0n) is 12.3. The number of aromatic nitrogens is 2. The summed E-state index contributed by atoms with van der Waals surface area (Å²) in [5.74, 6) is 0.169. The Bertz CT molecular complexity index is 691. The largest absolute Gasteiger partial charge is 0.296 e. The molecule has 0 atom stereocenters. The first-order valence-electron chi connectivity index (χ1n) is 6.60. The van der Waals surface area contributed by atoms with Crippen LogP contribution in [-0.4, -0.2) is 21.9 Å². The predicted octanol–water partition coefficient (Wildman–Crippen LogP) is 4.64. The van der Waals surface area contributed by atoms with Crippen LogP contribution < -0.4 is 5.32 Å². The number of anilines is 1. The van der Waals surface area contributed by atoms with E-state index in [4.69, 9.17) is 11.6 Å². The molecule has 1 amide bonds. The van der Waals surface area contributed by atoms with Gasteiger partial charge in [-0.3, -0.25) is 10.1 Å². The Morgan fingerprint density at radius 3 is 2.86 bits per heavy atom. The number of hydrogen-bond donors (Lipinski definition) is 1. The number of nitrogens with zero attached hydrogens (tertiary/aromatic N) is 2. The molecule has 0 unspecified atom stereocenters. The van der Waals surface area contributed by atoms with Crippen molar-refractivity contribution in [1.29, 1.82) is 0 Å². The van der Waals surface area contributed by atoms with Gasteiger partial charge in [0, 0.05) is 5.75 Å². The van der Waals surface area contributed by atoms with Gasteiger partial charge >= 0.3 is 0 Å². The van der Waals surface area contributed by atoms with Crippen LogP contribution in [0.15, 0.2) is 16.5 Å². The quantitative estimate of drug-likeness (QED) is 0.624. The molecule has 0 saturated carbocycles. The van der Waals surface area contributed by atoms with Crippen LogP contribution in [0.5, 0.6) is 0 Å². The molecule has 0 fully saturated rings. The Morgan fingerprint density at radius 2 is 2.18 bits per heavy atom. The molecule has 1 aromatic carbocycles. The smallest absolute Gasteiger partial charge is 0.262 e. The third-order valence-electron chi connectivity index (χ3n) is 2.68. The van der Waals surface area contributed by atoms with Crippen LogP contribution in [0.2, 0.25) is 5.02 Å². The summed E-state index contributed by atoms with van der Waals surface area (Å²) in [7, 11) is 0. The summed E-state index contributed by atoms with van der Waals surface area (Å²) >= 11 is 8.84. The molecule has 1 aromatic heterocycles. The minimum Gasteiger partial charge on any atom is -0.296 e. The fourth-order valence-electron chi connectivity index (χ4n) is 1.58. The van der Waals surface area contributed by atoms with E-state index in [0.717, 1.165) is 10.1 Å². The molecule has 0 radical (unpaired) electrons. The Balaban J connectivity index is 2.11. The van der Waals surface area contributed by atoms with Crippen LogP contribution in [0.4, 0.5) is 9.52 Å². The lowest BCUT2D eigenvalue weighted by atomic mass is 10.1. The van der Waals surface area contributed by atoms with Crippen molar-refractivity contribution >= 4 is 45.7 Å². The molecule has 4 nitrogen and oxygen atoms in total. The molecule has 1 N–H and O–H groups in total. The van der Waals surface area contributed by atoms with Crippen molar-refractivity contribution in [3.63, 3.8) is 0 Å². The highest BCUT2D eigenvalue weighted by Crippen LogP contribution is 2.28. The molecular formula is C14H15ClFN3OS2. The Morgan fingerprint density at radius 1 is 1.45 bits per heavy atom. The molecule has 0 saturated heterocycles. The molecule has 0 aliphatic rings. The number of thioether (sulfide) groups is 1. The van der Waals surface area contributed by atoms with Crippen molar-refractivity contribution in [3.8, 4) is 0 Å². The number of amides is 1. The maximum atomic E-state index is 13.8. The fourth-order valence-corrected chi connectivity index (χ4v) is 3.54. The van der Waals surface area contributed by atoms with Gasteiger partial charge in [0.05, 0.1) is 10.6 Å². The van der Waals surface area contributed by atoms with Gasteiger partial charge in [0.15, 0.2) is 4.34 Å². The average molecular weight is 360 g/mol. The van der Waals surface area contributed by atoms with Crippen LogP contribution in [0.25, 0.3) is 0 Å². The number of nitrogens with one attached hydrogen (secondary N) is 1. The summed E-state index contributed by atoms with van der Waals surface area (Å²) in [4.78, 5) is 12.2. The van der Waals surface area contributed by atoms with Crippen LogP contribution in [0.1, 0.15) is 29.8 Å². The maximum Gasteiger partial charge on any atom is 0.262 e. The molecular weight excluding hydrogens is 345 g/mol. The van der Waals surface area contributed by atoms with Gasteiger partial charge in [-0.1, -0.05) is 54.6 Å². The van der Waals surface area contributed by atoms with Crippen LogP contribution in [0, 0.1) is 18.7 Å². The summed E-state index contributed by atoms with van der Waals surface area (Å²) in [6.45, 7) is 5.93. The predicted molar refractivity (Wildman–Crippen MR) is 89.6 cm³/mol. The molecule has 0 bridgehead atoms. The number of carbonyl (C=O) groups excluding carboxylic acids is 1. The Labute approximate surface area is 141 Å². The standard InChI is InChI=1S/C14H15ClFN3OS2/c1-7(2)6-21-14-19-18-13(22-14)17-12(20)10-9(16)5-4-8(3)11(10)15/h4-5,7H,6H2,1-3H3,(H,17,18,20). The number of rotatable bonds is 5. The topological polar surface area (TPSA) is 54.9 Å². The lowest BCUT2D eigenvalue weighted by Crippen LogP contribution is -2.14. The zero-order valence-corrected chi connectivity index (χ0v) is 14.7. The molecule has 1 heterocycles. The van der Waals surface area contributed by atoms with E-state index in [-0.39, 0.29) is 10.6 Å². The van der Waals surface area contributed by atoms with Gasteiger partial charge in [-0.25, -0.2) is 4.39 Å². The van der Waals surface area contributed by atoms with Gasteiger partial charge < -0.3 is 0 Å². The molecule has 2 rings (SSSR count). The van der Waals surface area contributed by atoms with E-state index in [9.17, 15) is 9.18 Å². The van der Waals surface area contributed by atoms with Crippen molar-refractivity contribution in [2.45, 2.75) is 25.1 Å². The second-order valence-electron chi connectivity index (χ2n) is 5.09. The normalized spacial score (nSPS) is 11.0. The Hall–Kier alpha value is -1.18. The van der Waals surface area contributed by atoms with Crippen molar-refractivity contribution in [2.24, 2.45) is 5.92 Å². The highest BCUT2D eigenvalue weighted by Gasteiger charge is 2.19. The van der Waals surface area contributed by atoms with E-state index in [0.29, 0.717) is 16.6 Å². The molecule has 118 valence electrons. The first-order valence-corrected chi connectivity index (χ1v) is 8.78. The summed E-state index contributed by atoms with van der Waals surface area (Å²) in [5, 5.41) is 10.9. The highest BCUT2D eigenvalue weighted by atomic mass is 35.5. The van der Waals surface area contributed by atoms with Gasteiger partial charge in [0.25, 0.3) is 5.91 Å². The lowest BCUT2D eigenvalue weighted by Gasteiger charge is -2.07. The highest BCUT2D eigenvalue weighted by molar-refractivity contribution is 8.01.